The molecule has 2 N–H and O–H groups in total. The molecule has 2 nitrogen and oxygen atoms in total. The molecule has 1 saturated carbocycles. The molecular weight excluding hydrogens is 172 g/mol. The second-order valence-corrected chi connectivity index (χ2v) is 3.96. The third kappa shape index (κ3) is 1.58. The third-order valence-electron chi connectivity index (χ3n) is 3.13. The van der Waals surface area contributed by atoms with Gasteiger partial charge in [0.05, 0.1) is 11.9 Å². The maximum absolute atomic E-state index is 5.73. The number of rotatable bonds is 0. The van der Waals surface area contributed by atoms with Crippen LogP contribution in [0.2, 0.25) is 0 Å². The molecule has 0 aromatic heterocycles. The SMILES string of the molecule is CC1CC(N)=NC2CCCC12.Cl. The van der Waals surface area contributed by atoms with Crippen LogP contribution in [0.4, 0.5) is 0 Å². The van der Waals surface area contributed by atoms with Crippen molar-refractivity contribution in [3.63, 3.8) is 0 Å². The molecule has 2 rings (SSSR count). The Balaban J connectivity index is 0.000000720. The molecule has 3 unspecified atom stereocenters. The highest BCUT2D eigenvalue weighted by Crippen LogP contribution is 2.37. The van der Waals surface area contributed by atoms with Gasteiger partial charge in [-0.25, -0.2) is 0 Å². The molecule has 0 bridgehead atoms. The van der Waals surface area contributed by atoms with Crippen LogP contribution in [0.3, 0.4) is 0 Å². The fourth-order valence-electron chi connectivity index (χ4n) is 2.54. The Morgan fingerprint density at radius 3 is 2.92 bits per heavy atom. The van der Waals surface area contributed by atoms with E-state index in [1.165, 1.54) is 19.3 Å². The minimum absolute atomic E-state index is 0. The minimum atomic E-state index is 0. The summed E-state index contributed by atoms with van der Waals surface area (Å²) in [5.74, 6) is 2.52. The number of halogens is 1. The van der Waals surface area contributed by atoms with Gasteiger partial charge in [-0.15, -0.1) is 12.4 Å². The molecule has 0 saturated heterocycles. The molecule has 1 aliphatic carbocycles. The second kappa shape index (κ2) is 3.65. The van der Waals surface area contributed by atoms with Gasteiger partial charge in [0.2, 0.25) is 0 Å². The van der Waals surface area contributed by atoms with Gasteiger partial charge in [-0.2, -0.15) is 0 Å². The number of hydrogen-bond donors (Lipinski definition) is 1. The van der Waals surface area contributed by atoms with Gasteiger partial charge < -0.3 is 5.73 Å². The smallest absolute Gasteiger partial charge is 0.0943 e. The zero-order valence-electron chi connectivity index (χ0n) is 7.49. The molecule has 1 heterocycles. The number of aliphatic imine (C=N–C) groups is 1. The van der Waals surface area contributed by atoms with E-state index in [0.717, 1.165) is 24.1 Å². The first-order chi connectivity index (χ1) is 5.27. The summed E-state index contributed by atoms with van der Waals surface area (Å²) in [6.07, 6.45) is 5.04. The van der Waals surface area contributed by atoms with E-state index in [-0.39, 0.29) is 12.4 Å². The minimum Gasteiger partial charge on any atom is -0.387 e. The topological polar surface area (TPSA) is 38.4 Å². The highest BCUT2D eigenvalue weighted by atomic mass is 35.5. The van der Waals surface area contributed by atoms with Crippen LogP contribution in [-0.2, 0) is 0 Å². The highest BCUT2D eigenvalue weighted by molar-refractivity contribution is 5.85. The summed E-state index contributed by atoms with van der Waals surface area (Å²) in [7, 11) is 0. The average Bonchev–Trinajstić information content (AvgIpc) is 2.34. The number of hydrogen-bond acceptors (Lipinski definition) is 2. The standard InChI is InChI=1S/C9H16N2.ClH/c1-6-5-9(10)11-8-4-2-3-7(6)8;/h6-8H,2-5H2,1H3,(H2,10,11);1H. The van der Waals surface area contributed by atoms with E-state index in [2.05, 4.69) is 11.9 Å². The number of amidine groups is 1. The first kappa shape index (κ1) is 9.85. The van der Waals surface area contributed by atoms with Gasteiger partial charge in [-0.3, -0.25) is 4.99 Å². The molecule has 2 aliphatic rings. The normalized spacial score (nSPS) is 39.8. The van der Waals surface area contributed by atoms with Crippen molar-refractivity contribution in [1.82, 2.24) is 0 Å². The molecule has 1 aliphatic heterocycles. The van der Waals surface area contributed by atoms with Gasteiger partial charge in [0.15, 0.2) is 0 Å². The van der Waals surface area contributed by atoms with Crippen LogP contribution in [0, 0.1) is 11.8 Å². The Morgan fingerprint density at radius 1 is 1.42 bits per heavy atom. The predicted molar refractivity (Wildman–Crippen MR) is 53.8 cm³/mol. The van der Waals surface area contributed by atoms with E-state index in [9.17, 15) is 0 Å². The molecule has 0 aromatic carbocycles. The number of nitrogens with zero attached hydrogens (tertiary/aromatic N) is 1. The van der Waals surface area contributed by atoms with E-state index in [1.54, 1.807) is 0 Å². The molecule has 0 spiro atoms. The van der Waals surface area contributed by atoms with Crippen LogP contribution in [0.15, 0.2) is 4.99 Å². The van der Waals surface area contributed by atoms with Gasteiger partial charge in [-0.1, -0.05) is 13.3 Å². The first-order valence-corrected chi connectivity index (χ1v) is 4.59. The maximum atomic E-state index is 5.73. The van der Waals surface area contributed by atoms with E-state index in [1.807, 2.05) is 0 Å². The van der Waals surface area contributed by atoms with Gasteiger partial charge >= 0.3 is 0 Å². The Labute approximate surface area is 80.0 Å². The molecule has 12 heavy (non-hydrogen) atoms. The van der Waals surface area contributed by atoms with Crippen molar-refractivity contribution in [1.29, 1.82) is 0 Å². The zero-order valence-corrected chi connectivity index (χ0v) is 8.31. The van der Waals surface area contributed by atoms with Gasteiger partial charge in [0.1, 0.15) is 0 Å². The summed E-state index contributed by atoms with van der Waals surface area (Å²) < 4.78 is 0. The quantitative estimate of drug-likeness (QED) is 0.621. The summed E-state index contributed by atoms with van der Waals surface area (Å²) in [5, 5.41) is 0. The van der Waals surface area contributed by atoms with Crippen molar-refractivity contribution >= 4 is 18.2 Å². The summed E-state index contributed by atoms with van der Waals surface area (Å²) in [4.78, 5) is 4.49. The van der Waals surface area contributed by atoms with Crippen LogP contribution >= 0.6 is 12.4 Å². The number of fused-ring (bicyclic) bond motifs is 1. The molecule has 0 radical (unpaired) electrons. The fourth-order valence-corrected chi connectivity index (χ4v) is 2.54. The van der Waals surface area contributed by atoms with Gasteiger partial charge in [0.25, 0.3) is 0 Å². The Morgan fingerprint density at radius 2 is 2.17 bits per heavy atom. The van der Waals surface area contributed by atoms with E-state index >= 15 is 0 Å². The Hall–Kier alpha value is -0.240. The molecule has 3 atom stereocenters. The fraction of sp³-hybridized carbons (Fsp3) is 0.889. The second-order valence-electron chi connectivity index (χ2n) is 3.96. The molecule has 1 fully saturated rings. The van der Waals surface area contributed by atoms with Gasteiger partial charge in [-0.05, 0) is 24.7 Å². The molecule has 0 aromatic rings. The lowest BCUT2D eigenvalue weighted by Gasteiger charge is -2.28. The summed E-state index contributed by atoms with van der Waals surface area (Å²) in [6.45, 7) is 2.31. The molecule has 0 amide bonds. The lowest BCUT2D eigenvalue weighted by Crippen LogP contribution is -2.32. The highest BCUT2D eigenvalue weighted by Gasteiger charge is 2.34. The van der Waals surface area contributed by atoms with Crippen LogP contribution < -0.4 is 5.73 Å². The van der Waals surface area contributed by atoms with E-state index in [0.29, 0.717) is 6.04 Å². The van der Waals surface area contributed by atoms with Gasteiger partial charge in [0, 0.05) is 6.42 Å². The zero-order chi connectivity index (χ0) is 7.84. The van der Waals surface area contributed by atoms with E-state index < -0.39 is 0 Å². The molecular formula is C9H17ClN2. The predicted octanol–water partition coefficient (Wildman–Crippen LogP) is 1.97. The van der Waals surface area contributed by atoms with Crippen molar-refractivity contribution in [2.24, 2.45) is 22.6 Å². The van der Waals surface area contributed by atoms with E-state index in [4.69, 9.17) is 5.73 Å². The third-order valence-corrected chi connectivity index (χ3v) is 3.13. The Bertz CT molecular complexity index is 191. The summed E-state index contributed by atoms with van der Waals surface area (Å²) in [6, 6.07) is 0.582. The van der Waals surface area contributed by atoms with Crippen molar-refractivity contribution in [3.05, 3.63) is 0 Å². The van der Waals surface area contributed by atoms with Crippen LogP contribution in [-0.4, -0.2) is 11.9 Å². The first-order valence-electron chi connectivity index (χ1n) is 4.59. The van der Waals surface area contributed by atoms with Crippen LogP contribution in [0.25, 0.3) is 0 Å². The Kier molecular flexibility index (Phi) is 2.99. The monoisotopic (exact) mass is 188 g/mol. The number of nitrogens with two attached hydrogens (primary N) is 1. The van der Waals surface area contributed by atoms with Crippen LogP contribution in [0.1, 0.15) is 32.6 Å². The van der Waals surface area contributed by atoms with Crippen LogP contribution in [0.5, 0.6) is 0 Å². The lowest BCUT2D eigenvalue weighted by atomic mass is 9.85. The maximum Gasteiger partial charge on any atom is 0.0943 e. The average molecular weight is 189 g/mol. The molecule has 70 valence electrons. The largest absolute Gasteiger partial charge is 0.387 e. The summed E-state index contributed by atoms with van der Waals surface area (Å²) in [5.41, 5.74) is 5.73. The summed E-state index contributed by atoms with van der Waals surface area (Å²) >= 11 is 0. The molecule has 3 heteroatoms. The van der Waals surface area contributed by atoms with Crippen molar-refractivity contribution in [3.8, 4) is 0 Å². The van der Waals surface area contributed by atoms with Crippen molar-refractivity contribution in [2.75, 3.05) is 0 Å². The van der Waals surface area contributed by atoms with Crippen molar-refractivity contribution < 1.29 is 0 Å². The van der Waals surface area contributed by atoms with Crippen molar-refractivity contribution in [2.45, 2.75) is 38.6 Å². The lowest BCUT2D eigenvalue weighted by molar-refractivity contribution is 0.325.